The first-order valence-electron chi connectivity index (χ1n) is 10.3. The van der Waals surface area contributed by atoms with Gasteiger partial charge in [-0.25, -0.2) is 0 Å². The minimum atomic E-state index is -0.583. The van der Waals surface area contributed by atoms with Crippen molar-refractivity contribution in [2.75, 3.05) is 0 Å². The van der Waals surface area contributed by atoms with Crippen molar-refractivity contribution >= 4 is 5.91 Å². The van der Waals surface area contributed by atoms with Gasteiger partial charge in [0, 0.05) is 0 Å². The molecule has 0 saturated carbocycles. The number of aryl methyl sites for hydroxylation is 1. The standard InChI is InChI=1S/C26H24N2O2/c1-18(26(29)28-25-8-4-6-22-5-2-3-7-24(22)25)30-23-15-13-21(14-16-23)20-11-9-19(17-27)10-12-20/h2-3,5,7,9-16,18,25H,4,6,8H2,1H3,(H,28,29)/t18-,25-/m1/s1. The minimum absolute atomic E-state index is 0.0484. The Morgan fingerprint density at radius 1 is 1.03 bits per heavy atom. The number of amides is 1. The molecule has 0 aromatic heterocycles. The van der Waals surface area contributed by atoms with E-state index in [4.69, 9.17) is 10.00 Å². The third kappa shape index (κ3) is 4.36. The summed E-state index contributed by atoms with van der Waals surface area (Å²) in [5.74, 6) is 0.548. The summed E-state index contributed by atoms with van der Waals surface area (Å²) in [7, 11) is 0. The van der Waals surface area contributed by atoms with E-state index in [1.807, 2.05) is 42.5 Å². The van der Waals surface area contributed by atoms with Crippen molar-refractivity contribution in [1.29, 1.82) is 5.26 Å². The summed E-state index contributed by atoms with van der Waals surface area (Å²) in [6.45, 7) is 1.78. The number of benzene rings is 3. The van der Waals surface area contributed by atoms with Crippen molar-refractivity contribution in [1.82, 2.24) is 5.32 Å². The number of ether oxygens (including phenoxy) is 1. The third-order valence-electron chi connectivity index (χ3n) is 5.57. The molecule has 1 aliphatic rings. The van der Waals surface area contributed by atoms with Crippen LogP contribution in [0.4, 0.5) is 0 Å². The number of fused-ring (bicyclic) bond motifs is 1. The first-order chi connectivity index (χ1) is 14.6. The number of nitrogens with zero attached hydrogens (tertiary/aromatic N) is 1. The first kappa shape index (κ1) is 19.7. The average molecular weight is 396 g/mol. The normalized spacial score (nSPS) is 16.1. The van der Waals surface area contributed by atoms with Gasteiger partial charge in [0.25, 0.3) is 5.91 Å². The largest absolute Gasteiger partial charge is 0.481 e. The Labute approximate surface area is 177 Å². The van der Waals surface area contributed by atoms with Crippen LogP contribution in [0, 0.1) is 11.3 Å². The molecule has 150 valence electrons. The molecular formula is C26H24N2O2. The van der Waals surface area contributed by atoms with Gasteiger partial charge in [0.05, 0.1) is 17.7 Å². The van der Waals surface area contributed by atoms with E-state index in [-0.39, 0.29) is 11.9 Å². The van der Waals surface area contributed by atoms with E-state index in [2.05, 4.69) is 29.6 Å². The summed E-state index contributed by atoms with van der Waals surface area (Å²) >= 11 is 0. The number of hydrogen-bond acceptors (Lipinski definition) is 3. The maximum absolute atomic E-state index is 12.7. The molecule has 3 aromatic carbocycles. The first-order valence-corrected chi connectivity index (χ1v) is 10.3. The number of nitrogens with one attached hydrogen (secondary N) is 1. The predicted molar refractivity (Wildman–Crippen MR) is 117 cm³/mol. The highest BCUT2D eigenvalue weighted by Gasteiger charge is 2.24. The third-order valence-corrected chi connectivity index (χ3v) is 5.57. The Morgan fingerprint density at radius 3 is 2.40 bits per heavy atom. The molecule has 2 atom stereocenters. The van der Waals surface area contributed by atoms with Gasteiger partial charge in [0.2, 0.25) is 0 Å². The maximum atomic E-state index is 12.7. The summed E-state index contributed by atoms with van der Waals surface area (Å²) in [5, 5.41) is 12.1. The van der Waals surface area contributed by atoms with E-state index in [0.717, 1.165) is 30.4 Å². The molecule has 1 N–H and O–H groups in total. The zero-order chi connectivity index (χ0) is 20.9. The molecule has 0 bridgehead atoms. The van der Waals surface area contributed by atoms with E-state index in [0.29, 0.717) is 11.3 Å². The molecule has 0 radical (unpaired) electrons. The van der Waals surface area contributed by atoms with Crippen LogP contribution in [0.2, 0.25) is 0 Å². The van der Waals surface area contributed by atoms with Gasteiger partial charge in [0.15, 0.2) is 6.10 Å². The van der Waals surface area contributed by atoms with Crippen LogP contribution in [-0.4, -0.2) is 12.0 Å². The van der Waals surface area contributed by atoms with Crippen LogP contribution in [0.25, 0.3) is 11.1 Å². The van der Waals surface area contributed by atoms with E-state index >= 15 is 0 Å². The van der Waals surface area contributed by atoms with Crippen molar-refractivity contribution < 1.29 is 9.53 Å². The average Bonchev–Trinajstić information content (AvgIpc) is 2.80. The van der Waals surface area contributed by atoms with E-state index < -0.39 is 6.10 Å². The Morgan fingerprint density at radius 2 is 1.70 bits per heavy atom. The van der Waals surface area contributed by atoms with Gasteiger partial charge < -0.3 is 10.1 Å². The summed E-state index contributed by atoms with van der Waals surface area (Å²) in [5.41, 5.74) is 5.24. The molecule has 4 nitrogen and oxygen atoms in total. The molecule has 4 rings (SSSR count). The molecule has 0 aliphatic heterocycles. The Balaban J connectivity index is 1.38. The number of carbonyl (C=O) groups excluding carboxylic acids is 1. The highest BCUT2D eigenvalue weighted by molar-refractivity contribution is 5.81. The summed E-state index contributed by atoms with van der Waals surface area (Å²) in [6, 6.07) is 25.6. The Bertz CT molecular complexity index is 1070. The van der Waals surface area contributed by atoms with Gasteiger partial charge in [-0.05, 0) is 72.7 Å². The van der Waals surface area contributed by atoms with Crippen molar-refractivity contribution in [3.8, 4) is 22.9 Å². The highest BCUT2D eigenvalue weighted by Crippen LogP contribution is 2.29. The number of carbonyl (C=O) groups is 1. The van der Waals surface area contributed by atoms with Crippen LogP contribution in [0.5, 0.6) is 5.75 Å². The second-order valence-corrected chi connectivity index (χ2v) is 7.63. The maximum Gasteiger partial charge on any atom is 0.261 e. The summed E-state index contributed by atoms with van der Waals surface area (Å²) in [6.07, 6.45) is 2.52. The minimum Gasteiger partial charge on any atom is -0.481 e. The van der Waals surface area contributed by atoms with E-state index in [9.17, 15) is 4.79 Å². The van der Waals surface area contributed by atoms with Crippen LogP contribution in [-0.2, 0) is 11.2 Å². The van der Waals surface area contributed by atoms with Crippen LogP contribution in [0.15, 0.2) is 72.8 Å². The molecular weight excluding hydrogens is 372 g/mol. The fourth-order valence-corrected chi connectivity index (χ4v) is 3.91. The number of nitriles is 1. The highest BCUT2D eigenvalue weighted by atomic mass is 16.5. The molecule has 0 unspecified atom stereocenters. The monoisotopic (exact) mass is 396 g/mol. The second-order valence-electron chi connectivity index (χ2n) is 7.63. The smallest absolute Gasteiger partial charge is 0.261 e. The van der Waals surface area contributed by atoms with Gasteiger partial charge >= 0.3 is 0 Å². The molecule has 1 aliphatic carbocycles. The van der Waals surface area contributed by atoms with Crippen molar-refractivity contribution in [3.63, 3.8) is 0 Å². The van der Waals surface area contributed by atoms with Crippen LogP contribution in [0.3, 0.4) is 0 Å². The quantitative estimate of drug-likeness (QED) is 0.646. The van der Waals surface area contributed by atoms with Gasteiger partial charge in [-0.2, -0.15) is 5.26 Å². The lowest BCUT2D eigenvalue weighted by Gasteiger charge is -2.27. The fourth-order valence-electron chi connectivity index (χ4n) is 3.91. The Hall–Kier alpha value is -3.58. The van der Waals surface area contributed by atoms with Crippen molar-refractivity contribution in [2.24, 2.45) is 0 Å². The zero-order valence-corrected chi connectivity index (χ0v) is 17.0. The van der Waals surface area contributed by atoms with Gasteiger partial charge in [-0.15, -0.1) is 0 Å². The molecule has 3 aromatic rings. The topological polar surface area (TPSA) is 62.1 Å². The van der Waals surface area contributed by atoms with Gasteiger partial charge in [-0.3, -0.25) is 4.79 Å². The molecule has 4 heteroatoms. The molecule has 0 fully saturated rings. The van der Waals surface area contributed by atoms with Crippen molar-refractivity contribution in [2.45, 2.75) is 38.3 Å². The lowest BCUT2D eigenvalue weighted by atomic mass is 9.87. The van der Waals surface area contributed by atoms with Gasteiger partial charge in [-0.1, -0.05) is 48.5 Å². The summed E-state index contributed by atoms with van der Waals surface area (Å²) in [4.78, 5) is 12.7. The zero-order valence-electron chi connectivity index (χ0n) is 17.0. The van der Waals surface area contributed by atoms with Crippen LogP contribution < -0.4 is 10.1 Å². The van der Waals surface area contributed by atoms with Gasteiger partial charge in [0.1, 0.15) is 5.75 Å². The molecule has 0 spiro atoms. The van der Waals surface area contributed by atoms with Crippen LogP contribution >= 0.6 is 0 Å². The van der Waals surface area contributed by atoms with Crippen molar-refractivity contribution in [3.05, 3.63) is 89.5 Å². The number of hydrogen-bond donors (Lipinski definition) is 1. The second kappa shape index (κ2) is 8.84. The fraction of sp³-hybridized carbons (Fsp3) is 0.231. The molecule has 0 heterocycles. The van der Waals surface area contributed by atoms with E-state index in [1.54, 1.807) is 19.1 Å². The molecule has 1 amide bonds. The lowest BCUT2D eigenvalue weighted by molar-refractivity contribution is -0.128. The molecule has 0 saturated heterocycles. The lowest BCUT2D eigenvalue weighted by Crippen LogP contribution is -2.39. The Kier molecular flexibility index (Phi) is 5.81. The van der Waals surface area contributed by atoms with Crippen LogP contribution in [0.1, 0.15) is 42.5 Å². The molecule has 30 heavy (non-hydrogen) atoms. The number of rotatable bonds is 5. The SMILES string of the molecule is C[C@@H](Oc1ccc(-c2ccc(C#N)cc2)cc1)C(=O)N[C@@H]1CCCc2ccccc21. The summed E-state index contributed by atoms with van der Waals surface area (Å²) < 4.78 is 5.88. The van der Waals surface area contributed by atoms with E-state index in [1.165, 1.54) is 11.1 Å². The predicted octanol–water partition coefficient (Wildman–Crippen LogP) is 5.19.